The van der Waals surface area contributed by atoms with Crippen LogP contribution in [0.15, 0.2) is 12.4 Å². The highest BCUT2D eigenvalue weighted by Gasteiger charge is 2.32. The van der Waals surface area contributed by atoms with Crippen LogP contribution in [0.25, 0.3) is 0 Å². The molecular weight excluding hydrogens is 320 g/mol. The van der Waals surface area contributed by atoms with Crippen molar-refractivity contribution in [3.8, 4) is 0 Å². The van der Waals surface area contributed by atoms with Crippen molar-refractivity contribution in [1.82, 2.24) is 19.4 Å². The predicted molar refractivity (Wildman–Crippen MR) is 90.5 cm³/mol. The minimum atomic E-state index is 0.0596. The van der Waals surface area contributed by atoms with Gasteiger partial charge >= 0.3 is 0 Å². The number of aromatic nitrogens is 2. The van der Waals surface area contributed by atoms with Crippen molar-refractivity contribution >= 4 is 11.8 Å². The number of imidazole rings is 1. The predicted octanol–water partition coefficient (Wildman–Crippen LogP) is 0.891. The fraction of sp³-hybridized carbons (Fsp3) is 0.722. The summed E-state index contributed by atoms with van der Waals surface area (Å²) in [4.78, 5) is 33.4. The van der Waals surface area contributed by atoms with Gasteiger partial charge in [0.15, 0.2) is 0 Å². The van der Waals surface area contributed by atoms with E-state index >= 15 is 0 Å². The van der Waals surface area contributed by atoms with Crippen molar-refractivity contribution in [3.05, 3.63) is 18.2 Å². The van der Waals surface area contributed by atoms with E-state index in [2.05, 4.69) is 9.55 Å². The number of ether oxygens (including phenoxy) is 1. The number of nitrogens with zero attached hydrogens (tertiary/aromatic N) is 4. The summed E-state index contributed by atoms with van der Waals surface area (Å²) < 4.78 is 7.54. The van der Waals surface area contributed by atoms with Crippen molar-refractivity contribution in [2.75, 3.05) is 32.8 Å². The summed E-state index contributed by atoms with van der Waals surface area (Å²) in [5.74, 6) is 1.72. The fourth-order valence-corrected chi connectivity index (χ4v) is 4.24. The van der Waals surface area contributed by atoms with Gasteiger partial charge < -0.3 is 19.1 Å². The highest BCUT2D eigenvalue weighted by molar-refractivity contribution is 5.79. The maximum atomic E-state index is 13.0. The van der Waals surface area contributed by atoms with E-state index < -0.39 is 0 Å². The molecule has 3 aliphatic heterocycles. The molecule has 0 radical (unpaired) electrons. The second-order valence-electron chi connectivity index (χ2n) is 7.41. The van der Waals surface area contributed by atoms with Gasteiger partial charge in [0, 0.05) is 70.0 Å². The first-order chi connectivity index (χ1) is 12.2. The molecule has 7 heteroatoms. The Morgan fingerprint density at radius 1 is 1.28 bits per heavy atom. The number of rotatable bonds is 3. The molecule has 4 heterocycles. The largest absolute Gasteiger partial charge is 0.381 e. The molecule has 0 bridgehead atoms. The molecule has 2 fully saturated rings. The third kappa shape index (κ3) is 3.56. The van der Waals surface area contributed by atoms with Crippen LogP contribution in [0.2, 0.25) is 0 Å². The summed E-state index contributed by atoms with van der Waals surface area (Å²) in [7, 11) is 0. The molecule has 0 unspecified atom stereocenters. The second-order valence-corrected chi connectivity index (χ2v) is 7.41. The molecule has 2 amide bonds. The smallest absolute Gasteiger partial charge is 0.226 e. The number of likely N-dealkylation sites (tertiary alicyclic amines) is 1. The molecule has 0 spiro atoms. The molecule has 1 aromatic rings. The van der Waals surface area contributed by atoms with Crippen molar-refractivity contribution < 1.29 is 14.3 Å². The molecule has 7 nitrogen and oxygen atoms in total. The molecule has 1 atom stereocenters. The molecule has 136 valence electrons. The van der Waals surface area contributed by atoms with Crippen LogP contribution in [-0.2, 0) is 27.4 Å². The Bertz CT molecular complexity index is 638. The molecule has 0 saturated carbocycles. The number of hydrogen-bond donors (Lipinski definition) is 0. The average Bonchev–Trinajstić information content (AvgIpc) is 3.19. The Hall–Kier alpha value is -1.89. The Labute approximate surface area is 147 Å². The van der Waals surface area contributed by atoms with Crippen LogP contribution in [0, 0.1) is 11.8 Å². The van der Waals surface area contributed by atoms with Gasteiger partial charge in [-0.3, -0.25) is 9.59 Å². The van der Waals surface area contributed by atoms with Crippen LogP contribution >= 0.6 is 0 Å². The Kier molecular flexibility index (Phi) is 4.74. The number of carbonyl (C=O) groups excluding carboxylic acids is 2. The molecule has 0 aliphatic carbocycles. The maximum absolute atomic E-state index is 13.0. The van der Waals surface area contributed by atoms with E-state index in [0.29, 0.717) is 32.7 Å². The number of carbonyl (C=O) groups is 2. The summed E-state index contributed by atoms with van der Waals surface area (Å²) in [5.41, 5.74) is 0. The van der Waals surface area contributed by atoms with E-state index in [0.717, 1.165) is 44.7 Å². The summed E-state index contributed by atoms with van der Waals surface area (Å²) in [6, 6.07) is 0. The second kappa shape index (κ2) is 7.15. The van der Waals surface area contributed by atoms with Crippen LogP contribution in [-0.4, -0.2) is 64.0 Å². The van der Waals surface area contributed by atoms with Crippen molar-refractivity contribution in [1.29, 1.82) is 0 Å². The number of amides is 2. The van der Waals surface area contributed by atoms with E-state index in [1.165, 1.54) is 0 Å². The highest BCUT2D eigenvalue weighted by Crippen LogP contribution is 2.23. The summed E-state index contributed by atoms with van der Waals surface area (Å²) in [6.45, 7) is 5.00. The lowest BCUT2D eigenvalue weighted by atomic mass is 9.98. The van der Waals surface area contributed by atoms with Crippen LogP contribution in [0.5, 0.6) is 0 Å². The summed E-state index contributed by atoms with van der Waals surface area (Å²) >= 11 is 0. The van der Waals surface area contributed by atoms with Crippen LogP contribution in [0.3, 0.4) is 0 Å². The van der Waals surface area contributed by atoms with Gasteiger partial charge in [0.1, 0.15) is 5.82 Å². The van der Waals surface area contributed by atoms with Crippen molar-refractivity contribution in [2.45, 2.75) is 38.8 Å². The summed E-state index contributed by atoms with van der Waals surface area (Å²) in [5, 5.41) is 0. The number of hydrogen-bond acceptors (Lipinski definition) is 4. The highest BCUT2D eigenvalue weighted by atomic mass is 16.5. The Morgan fingerprint density at radius 2 is 2.12 bits per heavy atom. The quantitative estimate of drug-likeness (QED) is 0.815. The lowest BCUT2D eigenvalue weighted by molar-refractivity contribution is -0.139. The van der Waals surface area contributed by atoms with Crippen LogP contribution < -0.4 is 0 Å². The summed E-state index contributed by atoms with van der Waals surface area (Å²) in [6.07, 6.45) is 7.00. The molecule has 2 saturated heterocycles. The van der Waals surface area contributed by atoms with Gasteiger partial charge in [-0.05, 0) is 19.3 Å². The first-order valence-electron chi connectivity index (χ1n) is 9.35. The van der Waals surface area contributed by atoms with E-state index in [1.807, 2.05) is 16.0 Å². The molecule has 0 N–H and O–H groups in total. The molecule has 3 aliphatic rings. The molecule has 4 rings (SSSR count). The van der Waals surface area contributed by atoms with Gasteiger partial charge in [-0.25, -0.2) is 4.98 Å². The third-order valence-electron chi connectivity index (χ3n) is 5.60. The molecule has 1 aromatic heterocycles. The Morgan fingerprint density at radius 3 is 2.88 bits per heavy atom. The van der Waals surface area contributed by atoms with Gasteiger partial charge in [0.05, 0.1) is 6.54 Å². The zero-order valence-electron chi connectivity index (χ0n) is 14.6. The van der Waals surface area contributed by atoms with Crippen molar-refractivity contribution in [3.63, 3.8) is 0 Å². The van der Waals surface area contributed by atoms with E-state index in [4.69, 9.17) is 4.74 Å². The first-order valence-corrected chi connectivity index (χ1v) is 9.35. The SMILES string of the molecule is O=C1CCCN1C[C@H]1CN(C(=O)C2CCOCC2)Cc2nccn2C1. The van der Waals surface area contributed by atoms with Crippen LogP contribution in [0.4, 0.5) is 0 Å². The normalized spacial score (nSPS) is 25.1. The third-order valence-corrected chi connectivity index (χ3v) is 5.60. The van der Waals surface area contributed by atoms with Crippen molar-refractivity contribution in [2.24, 2.45) is 11.8 Å². The molecule has 0 aromatic carbocycles. The number of fused-ring (bicyclic) bond motifs is 1. The van der Waals surface area contributed by atoms with Crippen LogP contribution in [0.1, 0.15) is 31.5 Å². The molecule has 25 heavy (non-hydrogen) atoms. The topological polar surface area (TPSA) is 67.7 Å². The zero-order chi connectivity index (χ0) is 17.2. The maximum Gasteiger partial charge on any atom is 0.226 e. The lowest BCUT2D eigenvalue weighted by Gasteiger charge is -2.31. The lowest BCUT2D eigenvalue weighted by Crippen LogP contribution is -2.42. The van der Waals surface area contributed by atoms with E-state index in [-0.39, 0.29) is 23.7 Å². The van der Waals surface area contributed by atoms with E-state index in [9.17, 15) is 9.59 Å². The average molecular weight is 346 g/mol. The van der Waals surface area contributed by atoms with Gasteiger partial charge in [0.2, 0.25) is 11.8 Å². The van der Waals surface area contributed by atoms with Gasteiger partial charge in [-0.1, -0.05) is 0 Å². The standard InChI is InChI=1S/C18H26N4O3/c23-17-2-1-6-21(17)11-14-10-20-7-5-19-16(20)13-22(12-14)18(24)15-3-8-25-9-4-15/h5,7,14-15H,1-4,6,8-13H2/t14-/m0/s1. The first kappa shape index (κ1) is 16.6. The fourth-order valence-electron chi connectivity index (χ4n) is 4.24. The zero-order valence-corrected chi connectivity index (χ0v) is 14.6. The van der Waals surface area contributed by atoms with Gasteiger partial charge in [-0.2, -0.15) is 0 Å². The van der Waals surface area contributed by atoms with Gasteiger partial charge in [0.25, 0.3) is 0 Å². The minimum Gasteiger partial charge on any atom is -0.381 e. The monoisotopic (exact) mass is 346 g/mol. The van der Waals surface area contributed by atoms with E-state index in [1.54, 1.807) is 6.20 Å². The van der Waals surface area contributed by atoms with Gasteiger partial charge in [-0.15, -0.1) is 0 Å². The minimum absolute atomic E-state index is 0.0596. The Balaban J connectivity index is 1.50. The molecular formula is C18H26N4O3.